The third-order valence-electron chi connectivity index (χ3n) is 3.24. The monoisotopic (exact) mass is 284 g/mol. The highest BCUT2D eigenvalue weighted by Gasteiger charge is 2.19. The van der Waals surface area contributed by atoms with Crippen LogP contribution in [0.5, 0.6) is 0 Å². The molecule has 1 heterocycles. The highest BCUT2D eigenvalue weighted by atomic mass is 32.2. The van der Waals surface area contributed by atoms with Crippen LogP contribution in [0.25, 0.3) is 0 Å². The number of anilines is 1. The molecule has 1 fully saturated rings. The van der Waals surface area contributed by atoms with E-state index < -0.39 is 10.0 Å². The predicted octanol–water partition coefficient (Wildman–Crippen LogP) is 0.946. The lowest BCUT2D eigenvalue weighted by molar-refractivity contribution is 0.154. The van der Waals surface area contributed by atoms with Crippen LogP contribution in [0.1, 0.15) is 19.8 Å². The van der Waals surface area contributed by atoms with E-state index in [0.29, 0.717) is 13.1 Å². The minimum absolute atomic E-state index is 0.274. The van der Waals surface area contributed by atoms with Crippen molar-refractivity contribution in [3.05, 3.63) is 24.3 Å². The Morgan fingerprint density at radius 1 is 1.37 bits per heavy atom. The molecule has 0 spiro atoms. The molecular weight excluding hydrogens is 264 g/mol. The maximum Gasteiger partial charge on any atom is 0.240 e. The van der Waals surface area contributed by atoms with Crippen molar-refractivity contribution in [3.8, 4) is 0 Å². The number of benzene rings is 1. The lowest BCUT2D eigenvalue weighted by Gasteiger charge is -2.32. The third kappa shape index (κ3) is 3.46. The molecular formula is C13H20N2O3S. The smallest absolute Gasteiger partial charge is 0.240 e. The van der Waals surface area contributed by atoms with E-state index in [-0.39, 0.29) is 11.0 Å². The van der Waals surface area contributed by atoms with Crippen LogP contribution in [-0.4, -0.2) is 39.3 Å². The number of nitrogens with one attached hydrogen (secondary N) is 1. The van der Waals surface area contributed by atoms with E-state index in [1.165, 1.54) is 0 Å². The van der Waals surface area contributed by atoms with Gasteiger partial charge in [0.25, 0.3) is 0 Å². The number of nitrogens with zero attached hydrogens (tertiary/aromatic N) is 1. The Balaban J connectivity index is 2.14. The maximum atomic E-state index is 11.8. The van der Waals surface area contributed by atoms with Crippen LogP contribution >= 0.6 is 0 Å². The van der Waals surface area contributed by atoms with Gasteiger partial charge in [0.15, 0.2) is 0 Å². The Hall–Kier alpha value is -1.11. The Labute approximate surface area is 114 Å². The normalized spacial score (nSPS) is 20.5. The second-order valence-corrected chi connectivity index (χ2v) is 6.50. The summed E-state index contributed by atoms with van der Waals surface area (Å²) in [4.78, 5) is 2.35. The van der Waals surface area contributed by atoms with Gasteiger partial charge in [0.2, 0.25) is 10.0 Å². The molecule has 0 radical (unpaired) electrons. The standard InChI is InChI=1S/C13H20N2O3S/c1-2-14-19(17,18)13-7-5-11(6-8-13)15-9-3-4-12(16)10-15/h5-8,12,14,16H,2-4,9-10H2,1H3/t12-/m0/s1. The van der Waals surface area contributed by atoms with E-state index in [1.54, 1.807) is 31.2 Å². The summed E-state index contributed by atoms with van der Waals surface area (Å²) in [6.45, 7) is 3.64. The average molecular weight is 284 g/mol. The highest BCUT2D eigenvalue weighted by molar-refractivity contribution is 7.89. The van der Waals surface area contributed by atoms with Crippen LogP contribution in [0.15, 0.2) is 29.2 Å². The molecule has 0 saturated carbocycles. The molecule has 0 amide bonds. The summed E-state index contributed by atoms with van der Waals surface area (Å²) in [6, 6.07) is 6.80. The number of sulfonamides is 1. The van der Waals surface area contributed by atoms with Gasteiger partial charge in [-0.15, -0.1) is 0 Å². The van der Waals surface area contributed by atoms with E-state index in [2.05, 4.69) is 9.62 Å². The topological polar surface area (TPSA) is 69.6 Å². The molecule has 1 atom stereocenters. The Kier molecular flexibility index (Phi) is 4.44. The highest BCUT2D eigenvalue weighted by Crippen LogP contribution is 2.21. The number of β-amino-alcohol motifs (C(OH)–C–C–N with tert-alkyl or cyclic N) is 1. The van der Waals surface area contributed by atoms with Crippen LogP contribution in [0.2, 0.25) is 0 Å². The van der Waals surface area contributed by atoms with E-state index in [0.717, 1.165) is 25.1 Å². The van der Waals surface area contributed by atoms with Gasteiger partial charge >= 0.3 is 0 Å². The first-order valence-corrected chi connectivity index (χ1v) is 8.04. The number of hydrogen-bond donors (Lipinski definition) is 2. The van der Waals surface area contributed by atoms with Gasteiger partial charge in [0.05, 0.1) is 11.0 Å². The Bertz CT molecular complexity index is 513. The molecule has 1 aromatic carbocycles. The molecule has 106 valence electrons. The van der Waals surface area contributed by atoms with Crippen molar-refractivity contribution in [3.63, 3.8) is 0 Å². The fraction of sp³-hybridized carbons (Fsp3) is 0.538. The van der Waals surface area contributed by atoms with E-state index in [1.807, 2.05) is 0 Å². The van der Waals surface area contributed by atoms with Gasteiger partial charge in [0, 0.05) is 25.3 Å². The predicted molar refractivity (Wildman–Crippen MR) is 74.8 cm³/mol. The molecule has 0 aromatic heterocycles. The minimum Gasteiger partial charge on any atom is -0.391 e. The molecule has 5 nitrogen and oxygen atoms in total. The SMILES string of the molecule is CCNS(=O)(=O)c1ccc(N2CCC[C@H](O)C2)cc1. The fourth-order valence-corrected chi connectivity index (χ4v) is 3.34. The summed E-state index contributed by atoms with van der Waals surface area (Å²) in [5.41, 5.74) is 0.953. The van der Waals surface area contributed by atoms with Gasteiger partial charge in [-0.05, 0) is 37.1 Å². The molecule has 1 saturated heterocycles. The maximum absolute atomic E-state index is 11.8. The van der Waals surface area contributed by atoms with Crippen molar-refractivity contribution >= 4 is 15.7 Å². The molecule has 0 aliphatic carbocycles. The van der Waals surface area contributed by atoms with Crippen molar-refractivity contribution in [2.24, 2.45) is 0 Å². The lowest BCUT2D eigenvalue weighted by Crippen LogP contribution is -2.38. The van der Waals surface area contributed by atoms with Gasteiger partial charge in [-0.1, -0.05) is 6.92 Å². The molecule has 6 heteroatoms. The van der Waals surface area contributed by atoms with E-state index >= 15 is 0 Å². The van der Waals surface area contributed by atoms with Gasteiger partial charge in [-0.25, -0.2) is 13.1 Å². The van der Waals surface area contributed by atoms with Crippen LogP contribution in [-0.2, 0) is 10.0 Å². The first-order valence-electron chi connectivity index (χ1n) is 6.55. The van der Waals surface area contributed by atoms with Crippen LogP contribution < -0.4 is 9.62 Å². The zero-order valence-corrected chi connectivity index (χ0v) is 11.9. The summed E-state index contributed by atoms with van der Waals surface area (Å²) >= 11 is 0. The van der Waals surface area contributed by atoms with Crippen molar-refractivity contribution < 1.29 is 13.5 Å². The molecule has 1 aliphatic heterocycles. The summed E-state index contributed by atoms with van der Waals surface area (Å²) in [7, 11) is -3.39. The van der Waals surface area contributed by atoms with Crippen LogP contribution in [0, 0.1) is 0 Å². The third-order valence-corrected chi connectivity index (χ3v) is 4.80. The fourth-order valence-electron chi connectivity index (χ4n) is 2.30. The van der Waals surface area contributed by atoms with Crippen LogP contribution in [0.4, 0.5) is 5.69 Å². The Morgan fingerprint density at radius 2 is 2.05 bits per heavy atom. The molecule has 2 N–H and O–H groups in total. The molecule has 1 aromatic rings. The molecule has 2 rings (SSSR count). The largest absolute Gasteiger partial charge is 0.391 e. The van der Waals surface area contributed by atoms with Crippen molar-refractivity contribution in [2.45, 2.75) is 30.8 Å². The van der Waals surface area contributed by atoms with Gasteiger partial charge in [-0.3, -0.25) is 0 Å². The van der Waals surface area contributed by atoms with Crippen molar-refractivity contribution in [1.29, 1.82) is 0 Å². The first-order chi connectivity index (χ1) is 9.03. The molecule has 0 bridgehead atoms. The number of piperidine rings is 1. The summed E-state index contributed by atoms with van der Waals surface area (Å²) in [6.07, 6.45) is 1.50. The lowest BCUT2D eigenvalue weighted by atomic mass is 10.1. The van der Waals surface area contributed by atoms with Crippen molar-refractivity contribution in [1.82, 2.24) is 4.72 Å². The quantitative estimate of drug-likeness (QED) is 0.863. The number of rotatable bonds is 4. The van der Waals surface area contributed by atoms with E-state index in [9.17, 15) is 13.5 Å². The number of aliphatic hydroxyl groups excluding tert-OH is 1. The van der Waals surface area contributed by atoms with Gasteiger partial charge in [-0.2, -0.15) is 0 Å². The van der Waals surface area contributed by atoms with E-state index in [4.69, 9.17) is 0 Å². The zero-order chi connectivity index (χ0) is 13.9. The van der Waals surface area contributed by atoms with Gasteiger partial charge < -0.3 is 10.0 Å². The number of hydrogen-bond acceptors (Lipinski definition) is 4. The summed E-state index contributed by atoms with van der Waals surface area (Å²) in [5, 5.41) is 9.65. The number of aliphatic hydroxyl groups is 1. The minimum atomic E-state index is -3.39. The van der Waals surface area contributed by atoms with Crippen LogP contribution in [0.3, 0.4) is 0 Å². The zero-order valence-electron chi connectivity index (χ0n) is 11.0. The summed E-state index contributed by atoms with van der Waals surface area (Å²) < 4.78 is 26.1. The first kappa shape index (κ1) is 14.3. The summed E-state index contributed by atoms with van der Waals surface area (Å²) in [5.74, 6) is 0. The van der Waals surface area contributed by atoms with Crippen molar-refractivity contribution in [2.75, 3.05) is 24.5 Å². The second kappa shape index (κ2) is 5.90. The average Bonchev–Trinajstić information content (AvgIpc) is 2.39. The van der Waals surface area contributed by atoms with Gasteiger partial charge in [0.1, 0.15) is 0 Å². The Morgan fingerprint density at radius 3 is 2.63 bits per heavy atom. The molecule has 1 aliphatic rings. The molecule has 0 unspecified atom stereocenters. The second-order valence-electron chi connectivity index (χ2n) is 4.74. The molecule has 19 heavy (non-hydrogen) atoms.